The standard InChI is InChI=1S/C19H14ClN5OS/c1-25-10-9-22-17(25)16-15(12-5-3-2-4-6-12)23-19(27-16)24-18(26)14-11-13(20)7-8-21-14/h2-11H,1H3,(H,23,24,26). The summed E-state index contributed by atoms with van der Waals surface area (Å²) in [6.07, 6.45) is 5.10. The van der Waals surface area contributed by atoms with Gasteiger partial charge in [0.25, 0.3) is 5.91 Å². The van der Waals surface area contributed by atoms with Crippen molar-refractivity contribution in [3.05, 3.63) is 71.8 Å². The Labute approximate surface area is 164 Å². The molecular formula is C19H14ClN5OS. The van der Waals surface area contributed by atoms with E-state index >= 15 is 0 Å². The molecule has 8 heteroatoms. The van der Waals surface area contributed by atoms with Crippen LogP contribution in [0.15, 0.2) is 61.1 Å². The molecule has 1 N–H and O–H groups in total. The second kappa shape index (κ2) is 7.30. The Morgan fingerprint density at radius 1 is 1.15 bits per heavy atom. The molecular weight excluding hydrogens is 382 g/mol. The zero-order valence-corrected chi connectivity index (χ0v) is 15.8. The summed E-state index contributed by atoms with van der Waals surface area (Å²) in [7, 11) is 1.92. The van der Waals surface area contributed by atoms with Gasteiger partial charge in [-0.25, -0.2) is 9.97 Å². The molecule has 3 aromatic heterocycles. The van der Waals surface area contributed by atoms with E-state index in [9.17, 15) is 4.79 Å². The van der Waals surface area contributed by atoms with E-state index in [1.54, 1.807) is 12.3 Å². The average molecular weight is 396 g/mol. The number of rotatable bonds is 4. The van der Waals surface area contributed by atoms with E-state index in [1.807, 2.05) is 48.1 Å². The molecule has 3 heterocycles. The SMILES string of the molecule is Cn1ccnc1-c1sc(NC(=O)c2cc(Cl)ccn2)nc1-c1ccccc1. The summed E-state index contributed by atoms with van der Waals surface area (Å²) in [6.45, 7) is 0. The molecule has 0 atom stereocenters. The topological polar surface area (TPSA) is 72.7 Å². The number of hydrogen-bond donors (Lipinski definition) is 1. The number of aryl methyl sites for hydroxylation is 1. The zero-order chi connectivity index (χ0) is 18.8. The van der Waals surface area contributed by atoms with Crippen molar-refractivity contribution < 1.29 is 4.79 Å². The molecule has 0 aliphatic carbocycles. The van der Waals surface area contributed by atoms with E-state index in [1.165, 1.54) is 23.6 Å². The summed E-state index contributed by atoms with van der Waals surface area (Å²) in [5.41, 5.74) is 1.95. The number of anilines is 1. The van der Waals surface area contributed by atoms with Crippen LogP contribution >= 0.6 is 22.9 Å². The number of carbonyl (C=O) groups excluding carboxylic acids is 1. The Hall–Kier alpha value is -3.03. The van der Waals surface area contributed by atoms with Crippen LogP contribution in [0.3, 0.4) is 0 Å². The molecule has 6 nitrogen and oxygen atoms in total. The number of halogens is 1. The number of aromatic nitrogens is 4. The molecule has 0 bridgehead atoms. The fraction of sp³-hybridized carbons (Fsp3) is 0.0526. The quantitative estimate of drug-likeness (QED) is 0.551. The minimum atomic E-state index is -0.364. The lowest BCUT2D eigenvalue weighted by molar-refractivity contribution is 0.102. The van der Waals surface area contributed by atoms with Crippen LogP contribution < -0.4 is 5.32 Å². The first kappa shape index (κ1) is 17.4. The summed E-state index contributed by atoms with van der Waals surface area (Å²) in [6, 6.07) is 12.9. The lowest BCUT2D eigenvalue weighted by Gasteiger charge is -2.02. The first-order valence-electron chi connectivity index (χ1n) is 8.08. The number of benzene rings is 1. The van der Waals surface area contributed by atoms with Crippen LogP contribution in [0.2, 0.25) is 5.02 Å². The summed E-state index contributed by atoms with van der Waals surface area (Å²) in [4.78, 5) is 26.5. The Bertz CT molecular complexity index is 1110. The fourth-order valence-corrected chi connectivity index (χ4v) is 3.77. The number of nitrogens with zero attached hydrogens (tertiary/aromatic N) is 4. The van der Waals surface area contributed by atoms with Crippen molar-refractivity contribution in [2.24, 2.45) is 7.05 Å². The monoisotopic (exact) mass is 395 g/mol. The normalized spacial score (nSPS) is 10.7. The van der Waals surface area contributed by atoms with Crippen molar-refractivity contribution in [1.29, 1.82) is 0 Å². The second-order valence-corrected chi connectivity index (χ2v) is 7.17. The number of thiazole rings is 1. The molecule has 0 aliphatic rings. The van der Waals surface area contributed by atoms with Crippen LogP contribution in [0.4, 0.5) is 5.13 Å². The van der Waals surface area contributed by atoms with Crippen molar-refractivity contribution >= 4 is 34.0 Å². The van der Waals surface area contributed by atoms with Gasteiger partial charge < -0.3 is 4.57 Å². The van der Waals surface area contributed by atoms with Crippen molar-refractivity contribution in [3.63, 3.8) is 0 Å². The van der Waals surface area contributed by atoms with Gasteiger partial charge in [-0.1, -0.05) is 53.3 Å². The number of carbonyl (C=O) groups is 1. The summed E-state index contributed by atoms with van der Waals surface area (Å²) < 4.78 is 1.92. The van der Waals surface area contributed by atoms with Gasteiger partial charge in [-0.2, -0.15) is 0 Å². The van der Waals surface area contributed by atoms with Gasteiger partial charge in [-0.15, -0.1) is 0 Å². The number of pyridine rings is 1. The summed E-state index contributed by atoms with van der Waals surface area (Å²) >= 11 is 7.31. The van der Waals surface area contributed by atoms with E-state index in [4.69, 9.17) is 11.6 Å². The van der Waals surface area contributed by atoms with Gasteiger partial charge in [-0.05, 0) is 12.1 Å². The maximum absolute atomic E-state index is 12.5. The van der Waals surface area contributed by atoms with Crippen LogP contribution in [0.5, 0.6) is 0 Å². The van der Waals surface area contributed by atoms with Crippen molar-refractivity contribution in [3.8, 4) is 22.0 Å². The van der Waals surface area contributed by atoms with Crippen LogP contribution in [0, 0.1) is 0 Å². The Morgan fingerprint density at radius 2 is 1.96 bits per heavy atom. The number of hydrogen-bond acceptors (Lipinski definition) is 5. The van der Waals surface area contributed by atoms with Gasteiger partial charge in [0.2, 0.25) is 0 Å². The van der Waals surface area contributed by atoms with E-state index in [-0.39, 0.29) is 11.6 Å². The van der Waals surface area contributed by atoms with Crippen molar-refractivity contribution in [2.75, 3.05) is 5.32 Å². The lowest BCUT2D eigenvalue weighted by Crippen LogP contribution is -2.13. The molecule has 0 unspecified atom stereocenters. The largest absolute Gasteiger partial charge is 0.333 e. The molecule has 0 aliphatic heterocycles. The molecule has 0 spiro atoms. The highest BCUT2D eigenvalue weighted by atomic mass is 35.5. The van der Waals surface area contributed by atoms with Gasteiger partial charge >= 0.3 is 0 Å². The molecule has 0 saturated carbocycles. The molecule has 0 radical (unpaired) electrons. The van der Waals surface area contributed by atoms with Crippen molar-refractivity contribution in [1.82, 2.24) is 19.5 Å². The van der Waals surface area contributed by atoms with Crippen LogP contribution in [0.25, 0.3) is 22.0 Å². The third kappa shape index (κ3) is 3.60. The average Bonchev–Trinajstić information content (AvgIpc) is 3.28. The van der Waals surface area contributed by atoms with Crippen molar-refractivity contribution in [2.45, 2.75) is 0 Å². The molecule has 134 valence electrons. The molecule has 27 heavy (non-hydrogen) atoms. The zero-order valence-electron chi connectivity index (χ0n) is 14.3. The van der Waals surface area contributed by atoms with Crippen LogP contribution in [-0.2, 0) is 7.05 Å². The highest BCUT2D eigenvalue weighted by Gasteiger charge is 2.19. The number of nitrogens with one attached hydrogen (secondary N) is 1. The maximum Gasteiger partial charge on any atom is 0.276 e. The van der Waals surface area contributed by atoms with E-state index < -0.39 is 0 Å². The molecule has 4 rings (SSSR count). The van der Waals surface area contributed by atoms with E-state index in [2.05, 4.69) is 20.3 Å². The second-order valence-electron chi connectivity index (χ2n) is 5.74. The van der Waals surface area contributed by atoms with E-state index in [0.717, 1.165) is 22.0 Å². The van der Waals surface area contributed by atoms with Crippen LogP contribution in [-0.4, -0.2) is 25.4 Å². The third-order valence-electron chi connectivity index (χ3n) is 3.87. The molecule has 4 aromatic rings. The number of amides is 1. The summed E-state index contributed by atoms with van der Waals surface area (Å²) in [5, 5.41) is 3.73. The molecule has 0 saturated heterocycles. The maximum atomic E-state index is 12.5. The first-order valence-corrected chi connectivity index (χ1v) is 9.28. The molecule has 0 fully saturated rings. The Morgan fingerprint density at radius 3 is 2.67 bits per heavy atom. The highest BCUT2D eigenvalue weighted by molar-refractivity contribution is 7.19. The lowest BCUT2D eigenvalue weighted by atomic mass is 10.1. The van der Waals surface area contributed by atoms with Crippen LogP contribution in [0.1, 0.15) is 10.5 Å². The summed E-state index contributed by atoms with van der Waals surface area (Å²) in [5.74, 6) is 0.421. The predicted molar refractivity (Wildman–Crippen MR) is 107 cm³/mol. The van der Waals surface area contributed by atoms with Gasteiger partial charge in [0, 0.05) is 36.2 Å². The fourth-order valence-electron chi connectivity index (χ4n) is 2.59. The third-order valence-corrected chi connectivity index (χ3v) is 5.08. The molecule has 1 aromatic carbocycles. The predicted octanol–water partition coefficient (Wildman–Crippen LogP) is 4.51. The highest BCUT2D eigenvalue weighted by Crippen LogP contribution is 2.38. The Balaban J connectivity index is 1.73. The first-order chi connectivity index (χ1) is 13.1. The van der Waals surface area contributed by atoms with Gasteiger partial charge in [0.05, 0.1) is 10.6 Å². The smallest absolute Gasteiger partial charge is 0.276 e. The minimum Gasteiger partial charge on any atom is -0.333 e. The van der Waals surface area contributed by atoms with Gasteiger partial charge in [-0.3, -0.25) is 15.1 Å². The number of imidazole rings is 1. The molecule has 1 amide bonds. The van der Waals surface area contributed by atoms with Gasteiger partial charge in [0.1, 0.15) is 5.69 Å². The van der Waals surface area contributed by atoms with Gasteiger partial charge in [0.15, 0.2) is 11.0 Å². The van der Waals surface area contributed by atoms with E-state index in [0.29, 0.717) is 10.2 Å². The Kier molecular flexibility index (Phi) is 4.70. The minimum absolute atomic E-state index is 0.234.